The van der Waals surface area contributed by atoms with Crippen LogP contribution in [0.2, 0.25) is 0 Å². The maximum Gasteiger partial charge on any atom is 0.325 e. The van der Waals surface area contributed by atoms with E-state index in [1.54, 1.807) is 24.3 Å². The van der Waals surface area contributed by atoms with Gasteiger partial charge in [-0.3, -0.25) is 14.4 Å². The number of esters is 1. The second-order valence-corrected chi connectivity index (χ2v) is 6.29. The Kier molecular flexibility index (Phi) is 9.09. The molecule has 2 amide bonds. The molecule has 0 aromatic heterocycles. The third-order valence-corrected chi connectivity index (χ3v) is 4.24. The van der Waals surface area contributed by atoms with Crippen LogP contribution in [-0.4, -0.2) is 44.0 Å². The summed E-state index contributed by atoms with van der Waals surface area (Å²) in [5.74, 6) is -0.679. The van der Waals surface area contributed by atoms with Crippen LogP contribution in [0.4, 0.5) is 5.69 Å². The van der Waals surface area contributed by atoms with Crippen molar-refractivity contribution in [1.82, 2.24) is 10.6 Å². The standard InChI is InChI=1S/C18H25N3O4.ClH/c1-12-9-14(7-8-19-12)18(24)21-15-5-3-13(4-6-15)10-16(22)20-11-17(23)25-2;/h3-6,12,14,19H,7-11H2,1-2H3,(H,20,22)(H,21,24);1H/t12-,14-;/m0./s1. The first-order chi connectivity index (χ1) is 12.0. The molecule has 0 radical (unpaired) electrons. The summed E-state index contributed by atoms with van der Waals surface area (Å²) in [7, 11) is 1.27. The molecule has 1 aromatic carbocycles. The lowest BCUT2D eigenvalue weighted by Gasteiger charge is -2.27. The van der Waals surface area contributed by atoms with E-state index in [1.165, 1.54) is 7.11 Å². The van der Waals surface area contributed by atoms with Gasteiger partial charge in [0, 0.05) is 17.6 Å². The molecule has 2 rings (SSSR count). The molecule has 0 bridgehead atoms. The zero-order valence-corrected chi connectivity index (χ0v) is 15.9. The number of ether oxygens (including phenoxy) is 1. The highest BCUT2D eigenvalue weighted by Gasteiger charge is 2.24. The van der Waals surface area contributed by atoms with Gasteiger partial charge in [-0.2, -0.15) is 0 Å². The topological polar surface area (TPSA) is 96.5 Å². The molecule has 1 heterocycles. The number of halogens is 1. The van der Waals surface area contributed by atoms with E-state index in [0.717, 1.165) is 30.6 Å². The fourth-order valence-electron chi connectivity index (χ4n) is 2.81. The summed E-state index contributed by atoms with van der Waals surface area (Å²) in [6, 6.07) is 7.50. The number of carbonyl (C=O) groups is 3. The molecule has 144 valence electrons. The van der Waals surface area contributed by atoms with Crippen LogP contribution >= 0.6 is 12.4 Å². The van der Waals surface area contributed by atoms with Crippen LogP contribution in [0.5, 0.6) is 0 Å². The van der Waals surface area contributed by atoms with Crippen molar-refractivity contribution < 1.29 is 19.1 Å². The maximum atomic E-state index is 12.3. The number of anilines is 1. The molecular weight excluding hydrogens is 358 g/mol. The molecule has 2 atom stereocenters. The fraction of sp³-hybridized carbons (Fsp3) is 0.500. The minimum Gasteiger partial charge on any atom is -0.468 e. The summed E-state index contributed by atoms with van der Waals surface area (Å²) in [5, 5.41) is 8.75. The average molecular weight is 384 g/mol. The van der Waals surface area contributed by atoms with Gasteiger partial charge in [-0.15, -0.1) is 12.4 Å². The van der Waals surface area contributed by atoms with E-state index in [-0.39, 0.29) is 43.1 Å². The Morgan fingerprint density at radius 1 is 1.23 bits per heavy atom. The molecule has 0 spiro atoms. The molecule has 0 saturated carbocycles. The largest absolute Gasteiger partial charge is 0.468 e. The highest BCUT2D eigenvalue weighted by molar-refractivity contribution is 5.92. The predicted octanol–water partition coefficient (Wildman–Crippen LogP) is 1.27. The fourth-order valence-corrected chi connectivity index (χ4v) is 2.81. The van der Waals surface area contributed by atoms with Gasteiger partial charge in [0.2, 0.25) is 11.8 Å². The van der Waals surface area contributed by atoms with Gasteiger partial charge in [0.15, 0.2) is 0 Å². The molecule has 1 aromatic rings. The van der Waals surface area contributed by atoms with Gasteiger partial charge in [0.05, 0.1) is 13.5 Å². The quantitative estimate of drug-likeness (QED) is 0.643. The van der Waals surface area contributed by atoms with E-state index in [1.807, 2.05) is 0 Å². The van der Waals surface area contributed by atoms with Crippen molar-refractivity contribution in [3.8, 4) is 0 Å². The number of hydrogen-bond donors (Lipinski definition) is 3. The molecule has 1 aliphatic heterocycles. The lowest BCUT2D eigenvalue weighted by atomic mass is 9.92. The Hall–Kier alpha value is -2.12. The molecular formula is C18H26ClN3O4. The van der Waals surface area contributed by atoms with Crippen LogP contribution in [0, 0.1) is 5.92 Å². The van der Waals surface area contributed by atoms with Gasteiger partial charge >= 0.3 is 5.97 Å². The Bertz CT molecular complexity index is 621. The molecule has 0 aliphatic carbocycles. The first-order valence-corrected chi connectivity index (χ1v) is 8.44. The number of piperidine rings is 1. The van der Waals surface area contributed by atoms with Crippen LogP contribution in [0.3, 0.4) is 0 Å². The second kappa shape index (κ2) is 10.8. The number of rotatable bonds is 6. The highest BCUT2D eigenvalue weighted by atomic mass is 35.5. The first kappa shape index (κ1) is 21.9. The van der Waals surface area contributed by atoms with Crippen LogP contribution < -0.4 is 16.0 Å². The number of methoxy groups -OCH3 is 1. The van der Waals surface area contributed by atoms with Crippen molar-refractivity contribution in [3.63, 3.8) is 0 Å². The molecule has 7 nitrogen and oxygen atoms in total. The average Bonchev–Trinajstić information content (AvgIpc) is 2.61. The highest BCUT2D eigenvalue weighted by Crippen LogP contribution is 2.19. The zero-order valence-electron chi connectivity index (χ0n) is 15.0. The summed E-state index contributed by atoms with van der Waals surface area (Å²) in [4.78, 5) is 35.0. The number of carbonyl (C=O) groups excluding carboxylic acids is 3. The normalized spacial score (nSPS) is 19.0. The monoisotopic (exact) mass is 383 g/mol. The minimum atomic E-state index is -0.487. The van der Waals surface area contributed by atoms with Gasteiger partial charge in [0.25, 0.3) is 0 Å². The van der Waals surface area contributed by atoms with Gasteiger partial charge in [-0.05, 0) is 44.0 Å². The van der Waals surface area contributed by atoms with Crippen LogP contribution in [0.15, 0.2) is 24.3 Å². The smallest absolute Gasteiger partial charge is 0.325 e. The summed E-state index contributed by atoms with van der Waals surface area (Å²) >= 11 is 0. The number of nitrogens with one attached hydrogen (secondary N) is 3. The Morgan fingerprint density at radius 2 is 1.92 bits per heavy atom. The van der Waals surface area contributed by atoms with E-state index in [2.05, 4.69) is 27.6 Å². The van der Waals surface area contributed by atoms with E-state index < -0.39 is 5.97 Å². The van der Waals surface area contributed by atoms with Crippen molar-refractivity contribution in [2.75, 3.05) is 25.5 Å². The van der Waals surface area contributed by atoms with Gasteiger partial charge < -0.3 is 20.7 Å². The van der Waals surface area contributed by atoms with E-state index in [4.69, 9.17) is 0 Å². The second-order valence-electron chi connectivity index (χ2n) is 6.29. The molecule has 1 aliphatic rings. The molecule has 26 heavy (non-hydrogen) atoms. The van der Waals surface area contributed by atoms with Crippen molar-refractivity contribution in [2.24, 2.45) is 5.92 Å². The van der Waals surface area contributed by atoms with Crippen molar-refractivity contribution in [2.45, 2.75) is 32.2 Å². The molecule has 3 N–H and O–H groups in total. The van der Waals surface area contributed by atoms with Crippen molar-refractivity contribution in [3.05, 3.63) is 29.8 Å². The third kappa shape index (κ3) is 7.01. The van der Waals surface area contributed by atoms with Crippen LogP contribution in [-0.2, 0) is 25.5 Å². The number of benzene rings is 1. The van der Waals surface area contributed by atoms with E-state index >= 15 is 0 Å². The molecule has 0 unspecified atom stereocenters. The van der Waals surface area contributed by atoms with Gasteiger partial charge in [-0.25, -0.2) is 0 Å². The number of hydrogen-bond acceptors (Lipinski definition) is 5. The zero-order chi connectivity index (χ0) is 18.2. The summed E-state index contributed by atoms with van der Waals surface area (Å²) in [5.41, 5.74) is 1.52. The van der Waals surface area contributed by atoms with Gasteiger partial charge in [0.1, 0.15) is 6.54 Å². The van der Waals surface area contributed by atoms with Crippen molar-refractivity contribution in [1.29, 1.82) is 0 Å². The Labute approximate surface area is 159 Å². The Morgan fingerprint density at radius 3 is 2.54 bits per heavy atom. The van der Waals surface area contributed by atoms with Gasteiger partial charge in [-0.1, -0.05) is 12.1 Å². The molecule has 8 heteroatoms. The lowest BCUT2D eigenvalue weighted by Crippen LogP contribution is -2.40. The van der Waals surface area contributed by atoms with Crippen LogP contribution in [0.25, 0.3) is 0 Å². The summed E-state index contributed by atoms with van der Waals surface area (Å²) < 4.78 is 4.46. The van der Waals surface area contributed by atoms with E-state index in [9.17, 15) is 14.4 Å². The first-order valence-electron chi connectivity index (χ1n) is 8.44. The van der Waals surface area contributed by atoms with Crippen molar-refractivity contribution >= 4 is 35.9 Å². The summed E-state index contributed by atoms with van der Waals surface area (Å²) in [6.45, 7) is 2.80. The van der Waals surface area contributed by atoms with E-state index in [0.29, 0.717) is 6.04 Å². The molecule has 1 saturated heterocycles. The third-order valence-electron chi connectivity index (χ3n) is 4.24. The lowest BCUT2D eigenvalue weighted by molar-refractivity contribution is -0.141. The SMILES string of the molecule is COC(=O)CNC(=O)Cc1ccc(NC(=O)[C@H]2CCN[C@@H](C)C2)cc1.Cl. The number of amides is 2. The minimum absolute atomic E-state index is 0. The maximum absolute atomic E-state index is 12.3. The molecule has 1 fully saturated rings. The van der Waals surface area contributed by atoms with Crippen LogP contribution in [0.1, 0.15) is 25.3 Å². The predicted molar refractivity (Wildman–Crippen MR) is 101 cm³/mol. The Balaban J connectivity index is 0.00000338. The summed E-state index contributed by atoms with van der Waals surface area (Å²) in [6.07, 6.45) is 1.84.